The second kappa shape index (κ2) is 9.92. The SMILES string of the molecule is CC(C)NS(=O)(=O)Cc1ccc(CNC(=O)C2CCN(C(=O)C(C)(C)C)CC2)cc1. The Labute approximate surface area is 180 Å². The van der Waals surface area contributed by atoms with Crippen molar-refractivity contribution < 1.29 is 18.0 Å². The third-order valence-corrected chi connectivity index (χ3v) is 6.60. The van der Waals surface area contributed by atoms with Gasteiger partial charge >= 0.3 is 0 Å². The molecule has 0 aromatic heterocycles. The molecule has 0 spiro atoms. The van der Waals surface area contributed by atoms with Gasteiger partial charge < -0.3 is 10.2 Å². The third kappa shape index (κ3) is 7.40. The van der Waals surface area contributed by atoms with Crippen molar-refractivity contribution in [1.29, 1.82) is 0 Å². The second-order valence-corrected chi connectivity index (χ2v) is 11.1. The van der Waals surface area contributed by atoms with E-state index in [0.717, 1.165) is 5.56 Å². The summed E-state index contributed by atoms with van der Waals surface area (Å²) in [6.07, 6.45) is 1.35. The molecule has 1 aliphatic heterocycles. The molecule has 30 heavy (non-hydrogen) atoms. The molecule has 1 aromatic rings. The second-order valence-electron chi connectivity index (χ2n) is 9.38. The topological polar surface area (TPSA) is 95.6 Å². The van der Waals surface area contributed by atoms with E-state index in [1.807, 2.05) is 37.8 Å². The Morgan fingerprint density at radius 3 is 2.10 bits per heavy atom. The van der Waals surface area contributed by atoms with Crippen LogP contribution in [0.1, 0.15) is 58.6 Å². The predicted molar refractivity (Wildman–Crippen MR) is 118 cm³/mol. The molecule has 7 nitrogen and oxygen atoms in total. The van der Waals surface area contributed by atoms with Gasteiger partial charge in [-0.3, -0.25) is 9.59 Å². The number of nitrogens with one attached hydrogen (secondary N) is 2. The van der Waals surface area contributed by atoms with Crippen LogP contribution in [0.25, 0.3) is 0 Å². The Kier molecular flexibility index (Phi) is 8.05. The third-order valence-electron chi connectivity index (χ3n) is 5.06. The number of carbonyl (C=O) groups excluding carboxylic acids is 2. The zero-order chi connectivity index (χ0) is 22.5. The highest BCUT2D eigenvalue weighted by molar-refractivity contribution is 7.88. The molecule has 0 atom stereocenters. The summed E-state index contributed by atoms with van der Waals surface area (Å²) in [7, 11) is -3.35. The van der Waals surface area contributed by atoms with Crippen molar-refractivity contribution >= 4 is 21.8 Å². The van der Waals surface area contributed by atoms with E-state index in [4.69, 9.17) is 0 Å². The van der Waals surface area contributed by atoms with E-state index in [9.17, 15) is 18.0 Å². The Hall–Kier alpha value is -1.93. The molecule has 2 rings (SSSR count). The first-order chi connectivity index (χ1) is 13.9. The number of nitrogens with zero attached hydrogens (tertiary/aromatic N) is 1. The summed E-state index contributed by atoms with van der Waals surface area (Å²) in [4.78, 5) is 26.7. The molecule has 2 amide bonds. The zero-order valence-electron chi connectivity index (χ0n) is 18.7. The summed E-state index contributed by atoms with van der Waals surface area (Å²) >= 11 is 0. The lowest BCUT2D eigenvalue weighted by atomic mass is 9.90. The van der Waals surface area contributed by atoms with Gasteiger partial charge in [0.25, 0.3) is 0 Å². The van der Waals surface area contributed by atoms with Gasteiger partial charge in [0.1, 0.15) is 0 Å². The number of carbonyl (C=O) groups is 2. The van der Waals surface area contributed by atoms with Gasteiger partial charge in [0, 0.05) is 37.0 Å². The number of piperidine rings is 1. The molecular formula is C22H35N3O4S. The monoisotopic (exact) mass is 437 g/mol. The number of rotatable bonds is 7. The zero-order valence-corrected chi connectivity index (χ0v) is 19.5. The fraction of sp³-hybridized carbons (Fsp3) is 0.636. The van der Waals surface area contributed by atoms with Gasteiger partial charge in [0.2, 0.25) is 21.8 Å². The van der Waals surface area contributed by atoms with Crippen LogP contribution >= 0.6 is 0 Å². The summed E-state index contributed by atoms with van der Waals surface area (Å²) in [6.45, 7) is 10.9. The minimum absolute atomic E-state index is 0.00523. The summed E-state index contributed by atoms with van der Waals surface area (Å²) in [6, 6.07) is 7.09. The van der Waals surface area contributed by atoms with Gasteiger partial charge in [0.05, 0.1) is 5.75 Å². The number of amides is 2. The summed E-state index contributed by atoms with van der Waals surface area (Å²) in [5, 5.41) is 2.96. The van der Waals surface area contributed by atoms with E-state index >= 15 is 0 Å². The number of likely N-dealkylation sites (tertiary alicyclic amines) is 1. The Morgan fingerprint density at radius 2 is 1.60 bits per heavy atom. The predicted octanol–water partition coefficient (Wildman–Crippen LogP) is 2.42. The first kappa shape index (κ1) is 24.3. The lowest BCUT2D eigenvalue weighted by molar-refractivity contribution is -0.142. The fourth-order valence-corrected chi connectivity index (χ4v) is 4.96. The molecule has 0 saturated carbocycles. The minimum Gasteiger partial charge on any atom is -0.352 e. The van der Waals surface area contributed by atoms with E-state index < -0.39 is 15.4 Å². The van der Waals surface area contributed by atoms with Crippen LogP contribution < -0.4 is 10.0 Å². The molecule has 1 aliphatic rings. The highest BCUT2D eigenvalue weighted by Gasteiger charge is 2.32. The normalized spacial score (nSPS) is 16.0. The summed E-state index contributed by atoms with van der Waals surface area (Å²) < 4.78 is 26.6. The van der Waals surface area contributed by atoms with E-state index in [1.165, 1.54) is 0 Å². The molecule has 1 aromatic carbocycles. The van der Waals surface area contributed by atoms with Gasteiger partial charge in [-0.2, -0.15) is 0 Å². The summed E-state index contributed by atoms with van der Waals surface area (Å²) in [5.74, 6) is -0.0119. The summed E-state index contributed by atoms with van der Waals surface area (Å²) in [5.41, 5.74) is 1.22. The van der Waals surface area contributed by atoms with Crippen LogP contribution in [0.2, 0.25) is 0 Å². The first-order valence-corrected chi connectivity index (χ1v) is 12.2. The van der Waals surface area contributed by atoms with Crippen LogP contribution in [0.3, 0.4) is 0 Å². The maximum atomic E-state index is 12.5. The number of benzene rings is 1. The smallest absolute Gasteiger partial charge is 0.227 e. The van der Waals surface area contributed by atoms with Crippen molar-refractivity contribution in [2.75, 3.05) is 13.1 Å². The first-order valence-electron chi connectivity index (χ1n) is 10.5. The quantitative estimate of drug-likeness (QED) is 0.685. The van der Waals surface area contributed by atoms with Gasteiger partial charge in [-0.05, 0) is 37.8 Å². The maximum absolute atomic E-state index is 12.5. The molecule has 0 unspecified atom stereocenters. The average Bonchev–Trinajstić information content (AvgIpc) is 2.64. The van der Waals surface area contributed by atoms with Crippen LogP contribution in [0.15, 0.2) is 24.3 Å². The van der Waals surface area contributed by atoms with Crippen molar-refractivity contribution in [2.24, 2.45) is 11.3 Å². The molecule has 1 fully saturated rings. The van der Waals surface area contributed by atoms with Crippen LogP contribution in [0.5, 0.6) is 0 Å². The van der Waals surface area contributed by atoms with E-state index in [2.05, 4.69) is 10.0 Å². The highest BCUT2D eigenvalue weighted by atomic mass is 32.2. The lowest BCUT2D eigenvalue weighted by Gasteiger charge is -2.35. The Balaban J connectivity index is 1.81. The molecule has 0 aliphatic carbocycles. The van der Waals surface area contributed by atoms with Crippen molar-refractivity contribution in [3.8, 4) is 0 Å². The molecule has 2 N–H and O–H groups in total. The van der Waals surface area contributed by atoms with Crippen molar-refractivity contribution in [2.45, 2.75) is 65.8 Å². The Morgan fingerprint density at radius 1 is 1.07 bits per heavy atom. The van der Waals surface area contributed by atoms with Gasteiger partial charge in [0.15, 0.2) is 0 Å². The molecule has 168 valence electrons. The number of hydrogen-bond donors (Lipinski definition) is 2. The van der Waals surface area contributed by atoms with Crippen LogP contribution in [-0.2, 0) is 31.9 Å². The Bertz CT molecular complexity index is 834. The fourth-order valence-electron chi connectivity index (χ4n) is 3.53. The molecule has 0 radical (unpaired) electrons. The maximum Gasteiger partial charge on any atom is 0.227 e. The van der Waals surface area contributed by atoms with E-state index in [0.29, 0.717) is 38.0 Å². The lowest BCUT2D eigenvalue weighted by Crippen LogP contribution is -2.46. The number of hydrogen-bond acceptors (Lipinski definition) is 4. The molecule has 1 heterocycles. The van der Waals surface area contributed by atoms with Crippen molar-refractivity contribution in [1.82, 2.24) is 14.9 Å². The van der Waals surface area contributed by atoms with Crippen LogP contribution in [0.4, 0.5) is 0 Å². The largest absolute Gasteiger partial charge is 0.352 e. The molecular weight excluding hydrogens is 402 g/mol. The van der Waals surface area contributed by atoms with Gasteiger partial charge in [-0.15, -0.1) is 0 Å². The average molecular weight is 438 g/mol. The van der Waals surface area contributed by atoms with Crippen LogP contribution in [-0.4, -0.2) is 44.3 Å². The van der Waals surface area contributed by atoms with E-state index in [-0.39, 0.29) is 29.5 Å². The van der Waals surface area contributed by atoms with Gasteiger partial charge in [-0.1, -0.05) is 45.0 Å². The van der Waals surface area contributed by atoms with Gasteiger partial charge in [-0.25, -0.2) is 13.1 Å². The molecule has 1 saturated heterocycles. The molecule has 8 heteroatoms. The minimum atomic E-state index is -3.35. The standard InChI is InChI=1S/C22H35N3O4S/c1-16(2)24-30(28,29)15-18-8-6-17(7-9-18)14-23-20(26)19-10-12-25(13-11-19)21(27)22(3,4)5/h6-9,16,19,24H,10-15H2,1-5H3,(H,23,26). The van der Waals surface area contributed by atoms with Crippen LogP contribution in [0, 0.1) is 11.3 Å². The van der Waals surface area contributed by atoms with Crippen molar-refractivity contribution in [3.63, 3.8) is 0 Å². The highest BCUT2D eigenvalue weighted by Crippen LogP contribution is 2.23. The molecule has 0 bridgehead atoms. The van der Waals surface area contributed by atoms with E-state index in [1.54, 1.807) is 26.0 Å². The van der Waals surface area contributed by atoms with Crippen molar-refractivity contribution in [3.05, 3.63) is 35.4 Å². The number of sulfonamides is 1.